The molecule has 0 spiro atoms. The van der Waals surface area contributed by atoms with Crippen LogP contribution in [0.3, 0.4) is 0 Å². The van der Waals surface area contributed by atoms with E-state index in [-0.39, 0.29) is 28.7 Å². The third-order valence-electron chi connectivity index (χ3n) is 4.46. The lowest BCUT2D eigenvalue weighted by Gasteiger charge is -2.11. The number of aliphatic imine (C=N–C) groups is 1. The number of aromatic nitrogens is 1. The van der Waals surface area contributed by atoms with Gasteiger partial charge in [-0.3, -0.25) is 14.8 Å². The summed E-state index contributed by atoms with van der Waals surface area (Å²) >= 11 is 7.66. The molecule has 1 aromatic heterocycles. The average molecular weight is 437 g/mol. The SMILES string of the molecule is O=C(NCc1cccnc1)c1ccc(Cl)c(NC2=NC3CS(=O)(=O)CC3S2)c1. The minimum Gasteiger partial charge on any atom is -0.348 e. The minimum atomic E-state index is -3.00. The van der Waals surface area contributed by atoms with Gasteiger partial charge in [-0.05, 0) is 29.8 Å². The Balaban J connectivity index is 1.43. The van der Waals surface area contributed by atoms with E-state index in [4.69, 9.17) is 11.6 Å². The number of amidine groups is 1. The maximum atomic E-state index is 12.4. The molecular weight excluding hydrogens is 420 g/mol. The molecule has 3 heterocycles. The number of thioether (sulfide) groups is 1. The van der Waals surface area contributed by atoms with Gasteiger partial charge in [-0.15, -0.1) is 0 Å². The van der Waals surface area contributed by atoms with Crippen molar-refractivity contribution in [2.75, 3.05) is 16.8 Å². The number of benzene rings is 1. The Labute approximate surface area is 171 Å². The monoisotopic (exact) mass is 436 g/mol. The van der Waals surface area contributed by atoms with Crippen molar-refractivity contribution in [3.05, 3.63) is 58.9 Å². The second-order valence-electron chi connectivity index (χ2n) is 6.60. The van der Waals surface area contributed by atoms with Gasteiger partial charge in [-0.2, -0.15) is 0 Å². The maximum Gasteiger partial charge on any atom is 0.251 e. The fraction of sp³-hybridized carbons (Fsp3) is 0.278. The van der Waals surface area contributed by atoms with E-state index in [2.05, 4.69) is 20.6 Å². The van der Waals surface area contributed by atoms with Crippen LogP contribution in [-0.4, -0.2) is 47.3 Å². The Morgan fingerprint density at radius 3 is 2.89 bits per heavy atom. The Hall–Kier alpha value is -2.10. The summed E-state index contributed by atoms with van der Waals surface area (Å²) < 4.78 is 23.3. The van der Waals surface area contributed by atoms with E-state index < -0.39 is 9.84 Å². The van der Waals surface area contributed by atoms with E-state index in [1.165, 1.54) is 11.8 Å². The molecule has 7 nitrogen and oxygen atoms in total. The topological polar surface area (TPSA) is 101 Å². The molecule has 0 saturated carbocycles. The number of nitrogens with one attached hydrogen (secondary N) is 2. The van der Waals surface area contributed by atoms with Crippen LogP contribution in [0.1, 0.15) is 15.9 Å². The summed E-state index contributed by atoms with van der Waals surface area (Å²) in [4.78, 5) is 20.9. The van der Waals surface area contributed by atoms with Gasteiger partial charge in [0.05, 0.1) is 28.3 Å². The van der Waals surface area contributed by atoms with Crippen LogP contribution in [0.4, 0.5) is 5.69 Å². The van der Waals surface area contributed by atoms with Crippen LogP contribution < -0.4 is 10.6 Å². The molecule has 2 aliphatic heterocycles. The number of nitrogens with zero attached hydrogens (tertiary/aromatic N) is 2. The fourth-order valence-corrected chi connectivity index (χ4v) is 6.91. The highest BCUT2D eigenvalue weighted by Crippen LogP contribution is 2.35. The number of hydrogen-bond acceptors (Lipinski definition) is 7. The molecule has 2 N–H and O–H groups in total. The smallest absolute Gasteiger partial charge is 0.251 e. The molecule has 2 aromatic rings. The normalized spacial score (nSPS) is 22.4. The lowest BCUT2D eigenvalue weighted by Crippen LogP contribution is -2.23. The number of carbonyl (C=O) groups is 1. The second-order valence-corrected chi connectivity index (χ2v) is 10.4. The first-order valence-corrected chi connectivity index (χ1v) is 11.7. The molecule has 1 saturated heterocycles. The zero-order chi connectivity index (χ0) is 19.7. The van der Waals surface area contributed by atoms with Gasteiger partial charge >= 0.3 is 0 Å². The summed E-state index contributed by atoms with van der Waals surface area (Å²) in [5.41, 5.74) is 1.92. The van der Waals surface area contributed by atoms with Crippen molar-refractivity contribution in [2.24, 2.45) is 4.99 Å². The molecule has 0 radical (unpaired) electrons. The summed E-state index contributed by atoms with van der Waals surface area (Å²) in [7, 11) is -3.00. The third kappa shape index (κ3) is 4.31. The molecule has 1 fully saturated rings. The van der Waals surface area contributed by atoms with Crippen molar-refractivity contribution in [3.8, 4) is 0 Å². The van der Waals surface area contributed by atoms with Gasteiger partial charge in [-0.25, -0.2) is 8.42 Å². The Kier molecular flexibility index (Phi) is 5.31. The van der Waals surface area contributed by atoms with Crippen molar-refractivity contribution in [3.63, 3.8) is 0 Å². The predicted molar refractivity (Wildman–Crippen MR) is 112 cm³/mol. The highest BCUT2D eigenvalue weighted by Gasteiger charge is 2.42. The number of amides is 1. The van der Waals surface area contributed by atoms with Crippen LogP contribution in [0.25, 0.3) is 0 Å². The van der Waals surface area contributed by atoms with Crippen molar-refractivity contribution in [1.29, 1.82) is 0 Å². The molecule has 2 atom stereocenters. The second kappa shape index (κ2) is 7.73. The van der Waals surface area contributed by atoms with Gasteiger partial charge in [0.1, 0.15) is 0 Å². The van der Waals surface area contributed by atoms with E-state index in [9.17, 15) is 13.2 Å². The highest BCUT2D eigenvalue weighted by atomic mass is 35.5. The van der Waals surface area contributed by atoms with Crippen LogP contribution in [0, 0.1) is 0 Å². The van der Waals surface area contributed by atoms with E-state index in [0.717, 1.165) is 5.56 Å². The number of fused-ring (bicyclic) bond motifs is 1. The number of sulfone groups is 1. The number of carbonyl (C=O) groups excluding carboxylic acids is 1. The van der Waals surface area contributed by atoms with E-state index in [1.54, 1.807) is 30.6 Å². The van der Waals surface area contributed by atoms with Crippen LogP contribution in [0.2, 0.25) is 5.02 Å². The van der Waals surface area contributed by atoms with Gasteiger partial charge in [0.2, 0.25) is 0 Å². The number of rotatable bonds is 4. The van der Waals surface area contributed by atoms with E-state index in [1.807, 2.05) is 12.1 Å². The first-order chi connectivity index (χ1) is 13.4. The van der Waals surface area contributed by atoms with Crippen LogP contribution in [0.5, 0.6) is 0 Å². The van der Waals surface area contributed by atoms with Crippen LogP contribution in [0.15, 0.2) is 47.7 Å². The largest absolute Gasteiger partial charge is 0.348 e. The summed E-state index contributed by atoms with van der Waals surface area (Å²) in [6.45, 7) is 0.373. The summed E-state index contributed by atoms with van der Waals surface area (Å²) in [6, 6.07) is 8.43. The lowest BCUT2D eigenvalue weighted by atomic mass is 10.2. The molecule has 146 valence electrons. The Morgan fingerprint density at radius 1 is 1.29 bits per heavy atom. The Morgan fingerprint density at radius 2 is 2.14 bits per heavy atom. The number of halogens is 1. The molecule has 0 aliphatic carbocycles. The molecule has 1 aromatic carbocycles. The van der Waals surface area contributed by atoms with Gasteiger partial charge in [-0.1, -0.05) is 29.4 Å². The predicted octanol–water partition coefficient (Wildman–Crippen LogP) is 2.35. The fourth-order valence-electron chi connectivity index (χ4n) is 3.08. The summed E-state index contributed by atoms with van der Waals surface area (Å²) in [5, 5.41) is 7.00. The molecule has 28 heavy (non-hydrogen) atoms. The first-order valence-electron chi connectivity index (χ1n) is 8.58. The molecule has 4 rings (SSSR count). The molecular formula is C18H17ClN4O3S2. The molecule has 2 aliphatic rings. The zero-order valence-electron chi connectivity index (χ0n) is 14.6. The van der Waals surface area contributed by atoms with Crippen LogP contribution in [-0.2, 0) is 16.4 Å². The minimum absolute atomic E-state index is 0.0581. The summed E-state index contributed by atoms with van der Waals surface area (Å²) in [5.74, 6) is -0.00501. The van der Waals surface area contributed by atoms with Crippen molar-refractivity contribution >= 4 is 50.0 Å². The third-order valence-corrected chi connectivity index (χ3v) is 7.94. The highest BCUT2D eigenvalue weighted by molar-refractivity contribution is 8.15. The summed E-state index contributed by atoms with van der Waals surface area (Å²) in [6.07, 6.45) is 3.37. The van der Waals surface area contributed by atoms with Gasteiger partial charge in [0.15, 0.2) is 15.0 Å². The molecule has 2 unspecified atom stereocenters. The first kappa shape index (κ1) is 19.2. The lowest BCUT2D eigenvalue weighted by molar-refractivity contribution is 0.0951. The molecule has 10 heteroatoms. The van der Waals surface area contributed by atoms with Crippen molar-refractivity contribution in [2.45, 2.75) is 17.8 Å². The number of hydrogen-bond donors (Lipinski definition) is 2. The Bertz CT molecular complexity index is 1040. The zero-order valence-corrected chi connectivity index (χ0v) is 17.0. The molecule has 1 amide bonds. The van der Waals surface area contributed by atoms with Crippen LogP contribution >= 0.6 is 23.4 Å². The van der Waals surface area contributed by atoms with E-state index >= 15 is 0 Å². The van der Waals surface area contributed by atoms with Crippen molar-refractivity contribution in [1.82, 2.24) is 10.3 Å². The van der Waals surface area contributed by atoms with Gasteiger partial charge in [0, 0.05) is 29.8 Å². The number of pyridine rings is 1. The number of anilines is 1. The average Bonchev–Trinajstić information content (AvgIpc) is 3.15. The maximum absolute atomic E-state index is 12.4. The van der Waals surface area contributed by atoms with E-state index in [0.29, 0.717) is 28.0 Å². The van der Waals surface area contributed by atoms with Gasteiger partial charge in [0.25, 0.3) is 5.91 Å². The quantitative estimate of drug-likeness (QED) is 0.763. The molecule has 0 bridgehead atoms. The standard InChI is InChI=1S/C18H17ClN4O3S2/c19-13-4-3-12(17(24)21-8-11-2-1-5-20-7-11)6-14(13)22-18-23-15-9-28(25,26)10-16(15)27-18/h1-7,15-16H,8-10H2,(H,21,24)(H,22,23). The van der Waals surface area contributed by atoms with Crippen molar-refractivity contribution < 1.29 is 13.2 Å². The van der Waals surface area contributed by atoms with Gasteiger partial charge < -0.3 is 10.6 Å².